The predicted octanol–water partition coefficient (Wildman–Crippen LogP) is 3.32. The van der Waals surface area contributed by atoms with Crippen LogP contribution in [0, 0.1) is 6.92 Å². The summed E-state index contributed by atoms with van der Waals surface area (Å²) in [6, 6.07) is 15.3. The smallest absolute Gasteiger partial charge is 0.119 e. The highest BCUT2D eigenvalue weighted by Gasteiger charge is 2.00. The fraction of sp³-hybridized carbons (Fsp3) is 0.200. The van der Waals surface area contributed by atoms with E-state index in [0.717, 1.165) is 11.3 Å². The van der Waals surface area contributed by atoms with Crippen molar-refractivity contribution >= 4 is 0 Å². The van der Waals surface area contributed by atoms with Gasteiger partial charge >= 0.3 is 0 Å². The van der Waals surface area contributed by atoms with Gasteiger partial charge in [-0.05, 0) is 30.7 Å². The predicted molar refractivity (Wildman–Crippen MR) is 68.5 cm³/mol. The third kappa shape index (κ3) is 3.25. The van der Waals surface area contributed by atoms with Gasteiger partial charge in [0.15, 0.2) is 0 Å². The second-order valence-electron chi connectivity index (χ2n) is 4.04. The second kappa shape index (κ2) is 5.39. The first kappa shape index (κ1) is 11.5. The monoisotopic (exact) mass is 228 g/mol. The molecule has 0 atom stereocenters. The molecule has 0 spiro atoms. The quantitative estimate of drug-likeness (QED) is 0.869. The van der Waals surface area contributed by atoms with Crippen LogP contribution < -0.4 is 4.74 Å². The lowest BCUT2D eigenvalue weighted by Gasteiger charge is -2.07. The largest absolute Gasteiger partial charge is 0.508 e. The summed E-state index contributed by atoms with van der Waals surface area (Å²) in [5.41, 5.74) is 2.14. The molecular weight excluding hydrogens is 212 g/mol. The number of benzene rings is 2. The molecule has 0 amide bonds. The number of ether oxygens (including phenoxy) is 1. The number of phenolic OH excluding ortho intramolecular Hbond substituents is 1. The van der Waals surface area contributed by atoms with E-state index in [4.69, 9.17) is 4.74 Å². The van der Waals surface area contributed by atoms with Gasteiger partial charge in [0, 0.05) is 6.42 Å². The molecule has 0 saturated heterocycles. The van der Waals surface area contributed by atoms with Crippen molar-refractivity contribution in [3.63, 3.8) is 0 Å². The molecule has 2 heteroatoms. The number of para-hydroxylation sites is 1. The zero-order valence-corrected chi connectivity index (χ0v) is 9.89. The van der Waals surface area contributed by atoms with Crippen LogP contribution in [0.1, 0.15) is 11.1 Å². The Hall–Kier alpha value is -1.96. The summed E-state index contributed by atoms with van der Waals surface area (Å²) in [4.78, 5) is 0. The van der Waals surface area contributed by atoms with E-state index in [1.165, 1.54) is 5.56 Å². The topological polar surface area (TPSA) is 29.5 Å². The molecule has 2 aromatic rings. The number of phenols is 1. The van der Waals surface area contributed by atoms with E-state index in [0.29, 0.717) is 18.8 Å². The van der Waals surface area contributed by atoms with Crippen molar-refractivity contribution in [1.82, 2.24) is 0 Å². The minimum absolute atomic E-state index is 0.333. The summed E-state index contributed by atoms with van der Waals surface area (Å²) < 4.78 is 5.61. The van der Waals surface area contributed by atoms with Crippen molar-refractivity contribution in [2.45, 2.75) is 13.3 Å². The molecule has 88 valence electrons. The highest BCUT2D eigenvalue weighted by atomic mass is 16.5. The molecule has 17 heavy (non-hydrogen) atoms. The standard InChI is InChI=1S/C15H16O2/c1-12-6-8-14(9-7-12)17-11-10-13-4-2-3-5-15(13)16/h2-9,16H,10-11H2,1H3. The van der Waals surface area contributed by atoms with Gasteiger partial charge in [0.1, 0.15) is 11.5 Å². The molecule has 2 rings (SSSR count). The van der Waals surface area contributed by atoms with E-state index in [1.54, 1.807) is 6.07 Å². The van der Waals surface area contributed by atoms with Crippen molar-refractivity contribution in [1.29, 1.82) is 0 Å². The van der Waals surface area contributed by atoms with Crippen molar-refractivity contribution in [2.75, 3.05) is 6.61 Å². The Morgan fingerprint density at radius 3 is 2.41 bits per heavy atom. The maximum atomic E-state index is 9.59. The Bertz CT molecular complexity index is 475. The van der Waals surface area contributed by atoms with Gasteiger partial charge in [0.25, 0.3) is 0 Å². The third-order valence-corrected chi connectivity index (χ3v) is 2.65. The molecule has 2 nitrogen and oxygen atoms in total. The van der Waals surface area contributed by atoms with Crippen LogP contribution in [0.15, 0.2) is 48.5 Å². The summed E-state index contributed by atoms with van der Waals surface area (Å²) in [5.74, 6) is 1.20. The first-order valence-electron chi connectivity index (χ1n) is 5.72. The molecule has 0 bridgehead atoms. The molecule has 0 heterocycles. The Morgan fingerprint density at radius 2 is 1.71 bits per heavy atom. The van der Waals surface area contributed by atoms with Crippen molar-refractivity contribution in [2.24, 2.45) is 0 Å². The summed E-state index contributed by atoms with van der Waals surface area (Å²) in [7, 11) is 0. The van der Waals surface area contributed by atoms with Crippen LogP contribution in [0.4, 0.5) is 0 Å². The van der Waals surface area contributed by atoms with E-state index >= 15 is 0 Å². The zero-order valence-electron chi connectivity index (χ0n) is 9.89. The van der Waals surface area contributed by atoms with Gasteiger partial charge in [-0.3, -0.25) is 0 Å². The van der Waals surface area contributed by atoms with Crippen molar-refractivity contribution in [3.05, 3.63) is 59.7 Å². The number of aromatic hydroxyl groups is 1. The number of hydrogen-bond acceptors (Lipinski definition) is 2. The second-order valence-corrected chi connectivity index (χ2v) is 4.04. The molecule has 0 fully saturated rings. The third-order valence-electron chi connectivity index (χ3n) is 2.65. The SMILES string of the molecule is Cc1ccc(OCCc2ccccc2O)cc1. The number of hydrogen-bond donors (Lipinski definition) is 1. The molecule has 0 unspecified atom stereocenters. The number of aryl methyl sites for hydroxylation is 1. The average Bonchev–Trinajstić information content (AvgIpc) is 2.34. The Labute approximate surface area is 101 Å². The molecule has 2 aromatic carbocycles. The zero-order chi connectivity index (χ0) is 12.1. The van der Waals surface area contributed by atoms with Gasteiger partial charge in [-0.1, -0.05) is 35.9 Å². The Kier molecular flexibility index (Phi) is 3.66. The van der Waals surface area contributed by atoms with Gasteiger partial charge < -0.3 is 9.84 Å². The van der Waals surface area contributed by atoms with E-state index in [9.17, 15) is 5.11 Å². The van der Waals surface area contributed by atoms with Crippen LogP contribution in [-0.4, -0.2) is 11.7 Å². The highest BCUT2D eigenvalue weighted by molar-refractivity contribution is 5.32. The van der Waals surface area contributed by atoms with Gasteiger partial charge in [0.2, 0.25) is 0 Å². The van der Waals surface area contributed by atoms with Crippen LogP contribution >= 0.6 is 0 Å². The van der Waals surface area contributed by atoms with Crippen LogP contribution in [0.5, 0.6) is 11.5 Å². The highest BCUT2D eigenvalue weighted by Crippen LogP contribution is 2.17. The van der Waals surface area contributed by atoms with Crippen molar-refractivity contribution in [3.8, 4) is 11.5 Å². The molecule has 0 saturated carbocycles. The maximum absolute atomic E-state index is 9.59. The van der Waals surface area contributed by atoms with Crippen LogP contribution in [0.3, 0.4) is 0 Å². The molecule has 0 aliphatic carbocycles. The van der Waals surface area contributed by atoms with Crippen molar-refractivity contribution < 1.29 is 9.84 Å². The fourth-order valence-electron chi connectivity index (χ4n) is 1.64. The molecular formula is C15H16O2. The average molecular weight is 228 g/mol. The lowest BCUT2D eigenvalue weighted by molar-refractivity contribution is 0.319. The minimum atomic E-state index is 0.333. The Balaban J connectivity index is 1.88. The number of rotatable bonds is 4. The van der Waals surface area contributed by atoms with Gasteiger partial charge in [-0.2, -0.15) is 0 Å². The van der Waals surface area contributed by atoms with Crippen LogP contribution in [0.25, 0.3) is 0 Å². The van der Waals surface area contributed by atoms with E-state index in [2.05, 4.69) is 0 Å². The first-order chi connectivity index (χ1) is 8.25. The normalized spacial score (nSPS) is 10.2. The molecule has 1 N–H and O–H groups in total. The van der Waals surface area contributed by atoms with E-state index in [1.807, 2.05) is 49.4 Å². The van der Waals surface area contributed by atoms with E-state index < -0.39 is 0 Å². The van der Waals surface area contributed by atoms with Crippen LogP contribution in [0.2, 0.25) is 0 Å². The summed E-state index contributed by atoms with van der Waals surface area (Å²) in [6.45, 7) is 2.62. The Morgan fingerprint density at radius 1 is 1.00 bits per heavy atom. The lowest BCUT2D eigenvalue weighted by Crippen LogP contribution is -2.01. The molecule has 0 aliphatic rings. The maximum Gasteiger partial charge on any atom is 0.119 e. The molecule has 0 aromatic heterocycles. The first-order valence-corrected chi connectivity index (χ1v) is 5.72. The van der Waals surface area contributed by atoms with E-state index in [-0.39, 0.29) is 0 Å². The van der Waals surface area contributed by atoms with Gasteiger partial charge in [-0.15, -0.1) is 0 Å². The van der Waals surface area contributed by atoms with Gasteiger partial charge in [-0.25, -0.2) is 0 Å². The summed E-state index contributed by atoms with van der Waals surface area (Å²) in [6.07, 6.45) is 0.709. The minimum Gasteiger partial charge on any atom is -0.508 e. The van der Waals surface area contributed by atoms with Gasteiger partial charge in [0.05, 0.1) is 6.61 Å². The molecule has 0 radical (unpaired) electrons. The summed E-state index contributed by atoms with van der Waals surface area (Å²) in [5, 5.41) is 9.59. The summed E-state index contributed by atoms with van der Waals surface area (Å²) >= 11 is 0. The van der Waals surface area contributed by atoms with Crippen LogP contribution in [-0.2, 0) is 6.42 Å². The lowest BCUT2D eigenvalue weighted by atomic mass is 10.1. The molecule has 0 aliphatic heterocycles. The fourth-order valence-corrected chi connectivity index (χ4v) is 1.64.